The van der Waals surface area contributed by atoms with Gasteiger partial charge in [0.25, 0.3) is 0 Å². The Labute approximate surface area is 165 Å². The Morgan fingerprint density at radius 3 is 2.96 bits per heavy atom. The highest BCUT2D eigenvalue weighted by molar-refractivity contribution is 5.77. The summed E-state index contributed by atoms with van der Waals surface area (Å²) in [6.45, 7) is 5.74. The largest absolute Gasteiger partial charge is 0.467 e. The summed E-state index contributed by atoms with van der Waals surface area (Å²) in [6, 6.07) is 12.0. The van der Waals surface area contributed by atoms with Crippen LogP contribution in [0.5, 0.6) is 0 Å². The summed E-state index contributed by atoms with van der Waals surface area (Å²) in [5.41, 5.74) is 3.53. The molecule has 2 aromatic heterocycles. The molecule has 1 aliphatic rings. The lowest BCUT2D eigenvalue weighted by molar-refractivity contribution is -0.121. The van der Waals surface area contributed by atoms with Crippen LogP contribution in [0, 0.1) is 6.92 Å². The Kier molecular flexibility index (Phi) is 5.33. The Bertz CT molecular complexity index is 943. The molecule has 0 bridgehead atoms. The summed E-state index contributed by atoms with van der Waals surface area (Å²) < 4.78 is 7.66. The van der Waals surface area contributed by atoms with Gasteiger partial charge in [-0.05, 0) is 43.0 Å². The Balaban J connectivity index is 1.62. The quantitative estimate of drug-likeness (QED) is 0.687. The van der Waals surface area contributed by atoms with Crippen LogP contribution in [0.15, 0.2) is 53.3 Å². The zero-order chi connectivity index (χ0) is 19.5. The van der Waals surface area contributed by atoms with Crippen LogP contribution in [0.1, 0.15) is 66.4 Å². The summed E-state index contributed by atoms with van der Waals surface area (Å²) in [7, 11) is 0. The van der Waals surface area contributed by atoms with Crippen molar-refractivity contribution in [1.29, 1.82) is 0 Å². The van der Waals surface area contributed by atoms with Crippen molar-refractivity contribution in [2.75, 3.05) is 0 Å². The lowest BCUT2D eigenvalue weighted by Crippen LogP contribution is -2.26. The monoisotopic (exact) mass is 377 g/mol. The first-order valence-electron chi connectivity index (χ1n) is 10.0. The Morgan fingerprint density at radius 2 is 2.18 bits per heavy atom. The molecular formula is C23H27N3O2. The van der Waals surface area contributed by atoms with E-state index in [1.54, 1.807) is 6.26 Å². The number of fused-ring (bicyclic) bond motifs is 1. The van der Waals surface area contributed by atoms with Crippen LogP contribution in [-0.2, 0) is 17.9 Å². The minimum absolute atomic E-state index is 0.00986. The minimum Gasteiger partial charge on any atom is -0.467 e. The number of rotatable bonds is 6. The lowest BCUT2D eigenvalue weighted by atomic mass is 9.88. The van der Waals surface area contributed by atoms with Crippen molar-refractivity contribution in [3.63, 3.8) is 0 Å². The van der Waals surface area contributed by atoms with E-state index in [4.69, 9.17) is 9.40 Å². The van der Waals surface area contributed by atoms with Gasteiger partial charge < -0.3 is 14.3 Å². The SMILES string of the molecule is Cc1ccccc1[C@H](CC(=O)NCc1ccco1)c1cnc2n1CCC[C@@H]2C. The van der Waals surface area contributed by atoms with Crippen LogP contribution in [-0.4, -0.2) is 15.5 Å². The predicted molar refractivity (Wildman–Crippen MR) is 108 cm³/mol. The topological polar surface area (TPSA) is 60.1 Å². The van der Waals surface area contributed by atoms with Gasteiger partial charge in [-0.2, -0.15) is 0 Å². The number of benzene rings is 1. The van der Waals surface area contributed by atoms with E-state index in [2.05, 4.69) is 35.9 Å². The lowest BCUT2D eigenvalue weighted by Gasteiger charge is -2.26. The van der Waals surface area contributed by atoms with E-state index >= 15 is 0 Å². The highest BCUT2D eigenvalue weighted by Crippen LogP contribution is 2.35. The molecule has 0 saturated carbocycles. The third-order valence-electron chi connectivity index (χ3n) is 5.73. The molecule has 1 aromatic carbocycles. The molecule has 0 fully saturated rings. The number of hydrogen-bond acceptors (Lipinski definition) is 3. The molecule has 0 unspecified atom stereocenters. The van der Waals surface area contributed by atoms with Gasteiger partial charge in [0.1, 0.15) is 11.6 Å². The minimum atomic E-state index is -0.00986. The Hall–Kier alpha value is -2.82. The second kappa shape index (κ2) is 8.05. The van der Waals surface area contributed by atoms with E-state index in [0.29, 0.717) is 18.9 Å². The van der Waals surface area contributed by atoms with Gasteiger partial charge in [-0.1, -0.05) is 31.2 Å². The van der Waals surface area contributed by atoms with Gasteiger partial charge >= 0.3 is 0 Å². The molecule has 5 nitrogen and oxygen atoms in total. The molecule has 1 aliphatic heterocycles. The number of aromatic nitrogens is 2. The van der Waals surface area contributed by atoms with Crippen LogP contribution in [0.2, 0.25) is 0 Å². The zero-order valence-corrected chi connectivity index (χ0v) is 16.5. The molecule has 2 atom stereocenters. The highest BCUT2D eigenvalue weighted by atomic mass is 16.3. The van der Waals surface area contributed by atoms with Crippen molar-refractivity contribution in [3.8, 4) is 0 Å². The third-order valence-corrected chi connectivity index (χ3v) is 5.73. The van der Waals surface area contributed by atoms with Crippen molar-refractivity contribution in [1.82, 2.24) is 14.9 Å². The fraction of sp³-hybridized carbons (Fsp3) is 0.391. The van der Waals surface area contributed by atoms with E-state index in [9.17, 15) is 4.79 Å². The number of imidazole rings is 1. The summed E-state index contributed by atoms with van der Waals surface area (Å²) in [5, 5.41) is 2.99. The smallest absolute Gasteiger partial charge is 0.221 e. The van der Waals surface area contributed by atoms with Crippen molar-refractivity contribution < 1.29 is 9.21 Å². The average molecular weight is 377 g/mol. The van der Waals surface area contributed by atoms with Gasteiger partial charge in [0.2, 0.25) is 5.91 Å². The van der Waals surface area contributed by atoms with E-state index in [1.807, 2.05) is 30.5 Å². The molecule has 1 amide bonds. The maximum Gasteiger partial charge on any atom is 0.221 e. The molecular weight excluding hydrogens is 350 g/mol. The molecule has 4 rings (SSSR count). The first kappa shape index (κ1) is 18.5. The van der Waals surface area contributed by atoms with Crippen LogP contribution >= 0.6 is 0 Å². The molecule has 0 radical (unpaired) electrons. The fourth-order valence-electron chi connectivity index (χ4n) is 4.21. The fourth-order valence-corrected chi connectivity index (χ4v) is 4.21. The number of carbonyl (C=O) groups excluding carboxylic acids is 1. The molecule has 0 spiro atoms. The number of nitrogens with one attached hydrogen (secondary N) is 1. The third kappa shape index (κ3) is 3.75. The summed E-state index contributed by atoms with van der Waals surface area (Å²) >= 11 is 0. The number of aryl methyl sites for hydroxylation is 1. The first-order valence-corrected chi connectivity index (χ1v) is 10.0. The molecule has 0 saturated heterocycles. The standard InChI is InChI=1S/C23H27N3O2/c1-16-7-3-4-10-19(16)20(13-22(27)24-14-18-9-6-12-28-18)21-15-25-23-17(2)8-5-11-26(21)23/h3-4,6-7,9-10,12,15,17,20H,5,8,11,13-14H2,1-2H3,(H,24,27)/t17-,20-/m0/s1. The van der Waals surface area contributed by atoms with Crippen LogP contribution in [0.25, 0.3) is 0 Å². The zero-order valence-electron chi connectivity index (χ0n) is 16.5. The van der Waals surface area contributed by atoms with Gasteiger partial charge in [-0.3, -0.25) is 4.79 Å². The maximum absolute atomic E-state index is 12.8. The average Bonchev–Trinajstić information content (AvgIpc) is 3.36. The number of nitrogens with zero attached hydrogens (tertiary/aromatic N) is 2. The van der Waals surface area contributed by atoms with Gasteiger partial charge in [0, 0.05) is 36.7 Å². The molecule has 1 N–H and O–H groups in total. The van der Waals surface area contributed by atoms with Crippen molar-refractivity contribution >= 4 is 5.91 Å². The van der Waals surface area contributed by atoms with E-state index in [1.165, 1.54) is 17.5 Å². The van der Waals surface area contributed by atoms with Crippen molar-refractivity contribution in [2.45, 2.75) is 58.0 Å². The maximum atomic E-state index is 12.8. The highest BCUT2D eigenvalue weighted by Gasteiger charge is 2.28. The molecule has 28 heavy (non-hydrogen) atoms. The van der Waals surface area contributed by atoms with Crippen LogP contribution in [0.4, 0.5) is 0 Å². The van der Waals surface area contributed by atoms with Crippen LogP contribution < -0.4 is 5.32 Å². The molecule has 3 aromatic rings. The first-order chi connectivity index (χ1) is 13.6. The van der Waals surface area contributed by atoms with Crippen molar-refractivity contribution in [2.24, 2.45) is 0 Å². The summed E-state index contributed by atoms with van der Waals surface area (Å²) in [5.74, 6) is 2.38. The van der Waals surface area contributed by atoms with E-state index < -0.39 is 0 Å². The van der Waals surface area contributed by atoms with Gasteiger partial charge in [-0.15, -0.1) is 0 Å². The molecule has 3 heterocycles. The normalized spacial score (nSPS) is 17.1. The predicted octanol–water partition coefficient (Wildman–Crippen LogP) is 4.52. The van der Waals surface area contributed by atoms with Crippen molar-refractivity contribution in [3.05, 3.63) is 77.3 Å². The van der Waals surface area contributed by atoms with E-state index in [-0.39, 0.29) is 11.8 Å². The second-order valence-corrected chi connectivity index (χ2v) is 7.71. The van der Waals surface area contributed by atoms with Crippen LogP contribution in [0.3, 0.4) is 0 Å². The number of carbonyl (C=O) groups is 1. The second-order valence-electron chi connectivity index (χ2n) is 7.71. The van der Waals surface area contributed by atoms with Gasteiger partial charge in [0.05, 0.1) is 12.8 Å². The Morgan fingerprint density at radius 1 is 1.32 bits per heavy atom. The summed E-state index contributed by atoms with van der Waals surface area (Å²) in [4.78, 5) is 17.5. The van der Waals surface area contributed by atoms with Gasteiger partial charge in [0.15, 0.2) is 0 Å². The number of furan rings is 1. The number of amides is 1. The van der Waals surface area contributed by atoms with E-state index in [0.717, 1.165) is 30.2 Å². The molecule has 146 valence electrons. The van der Waals surface area contributed by atoms with Gasteiger partial charge in [-0.25, -0.2) is 4.98 Å². The molecule has 5 heteroatoms. The summed E-state index contributed by atoms with van der Waals surface area (Å²) in [6.07, 6.45) is 6.33. The molecule has 0 aliphatic carbocycles. The number of hydrogen-bond donors (Lipinski definition) is 1.